The molecule has 1 heterocycles. The van der Waals surface area contributed by atoms with Crippen molar-refractivity contribution in [3.8, 4) is 11.5 Å². The first-order valence-electron chi connectivity index (χ1n) is 7.55. The fourth-order valence-corrected chi connectivity index (χ4v) is 3.83. The molecule has 2 N–H and O–H groups in total. The fraction of sp³-hybridized carbons (Fsp3) is 0.625. The minimum atomic E-state index is 0.0139. The van der Waals surface area contributed by atoms with Crippen molar-refractivity contribution in [2.75, 3.05) is 19.8 Å². The summed E-state index contributed by atoms with van der Waals surface area (Å²) in [6.45, 7) is 1.99. The smallest absolute Gasteiger partial charge is 0.180 e. The molecule has 0 bridgehead atoms. The van der Waals surface area contributed by atoms with E-state index < -0.39 is 0 Å². The molecule has 2 aliphatic rings. The topological polar surface area (TPSA) is 44.5 Å². The number of hydrogen-bond donors (Lipinski definition) is 1. The Hall–Kier alpha value is -0.930. The molecule has 0 atom stereocenters. The Morgan fingerprint density at radius 1 is 1.05 bits per heavy atom. The minimum Gasteiger partial charge on any atom is -0.490 e. The van der Waals surface area contributed by atoms with Crippen LogP contribution >= 0.6 is 11.6 Å². The molecule has 0 aromatic heterocycles. The van der Waals surface area contributed by atoms with E-state index in [1.165, 1.54) is 19.3 Å². The second-order valence-electron chi connectivity index (χ2n) is 5.85. The molecule has 1 aromatic carbocycles. The second-order valence-corrected chi connectivity index (χ2v) is 6.23. The van der Waals surface area contributed by atoms with E-state index in [2.05, 4.69) is 6.07 Å². The van der Waals surface area contributed by atoms with Crippen molar-refractivity contribution in [1.29, 1.82) is 0 Å². The first-order valence-corrected chi connectivity index (χ1v) is 7.93. The van der Waals surface area contributed by atoms with Crippen LogP contribution in [-0.2, 0) is 5.41 Å². The highest BCUT2D eigenvalue weighted by molar-refractivity contribution is 6.33. The minimum absolute atomic E-state index is 0.0139. The maximum atomic E-state index is 6.64. The Kier molecular flexibility index (Phi) is 4.08. The van der Waals surface area contributed by atoms with Crippen LogP contribution in [-0.4, -0.2) is 19.8 Å². The molecule has 0 unspecified atom stereocenters. The van der Waals surface area contributed by atoms with E-state index in [0.29, 0.717) is 30.5 Å². The average molecular weight is 296 g/mol. The standard InChI is InChI=1S/C16H22ClNO2/c17-14-12(16(11-18)7-2-1-3-8-16)5-6-13-15(14)20-10-4-9-19-13/h5-6H,1-4,7-11,18H2. The van der Waals surface area contributed by atoms with E-state index in [4.69, 9.17) is 26.8 Å². The van der Waals surface area contributed by atoms with Gasteiger partial charge < -0.3 is 15.2 Å². The van der Waals surface area contributed by atoms with Gasteiger partial charge in [-0.15, -0.1) is 0 Å². The van der Waals surface area contributed by atoms with Crippen LogP contribution in [0.3, 0.4) is 0 Å². The highest BCUT2D eigenvalue weighted by Crippen LogP contribution is 2.47. The molecule has 3 nitrogen and oxygen atoms in total. The number of nitrogens with two attached hydrogens (primary N) is 1. The lowest BCUT2D eigenvalue weighted by Gasteiger charge is -2.37. The van der Waals surface area contributed by atoms with Crippen LogP contribution in [0.5, 0.6) is 11.5 Å². The molecule has 0 radical (unpaired) electrons. The summed E-state index contributed by atoms with van der Waals surface area (Å²) in [5.74, 6) is 1.47. The summed E-state index contributed by atoms with van der Waals surface area (Å²) in [6.07, 6.45) is 6.86. The first-order chi connectivity index (χ1) is 9.77. The van der Waals surface area contributed by atoms with Gasteiger partial charge in [-0.25, -0.2) is 0 Å². The lowest BCUT2D eigenvalue weighted by Crippen LogP contribution is -2.37. The predicted molar refractivity (Wildman–Crippen MR) is 80.9 cm³/mol. The molecule has 4 heteroatoms. The Morgan fingerprint density at radius 3 is 2.55 bits per heavy atom. The van der Waals surface area contributed by atoms with Crippen LogP contribution in [0.25, 0.3) is 0 Å². The first kappa shape index (κ1) is 14.0. The Labute approximate surface area is 125 Å². The van der Waals surface area contributed by atoms with Crippen molar-refractivity contribution in [1.82, 2.24) is 0 Å². The molecular weight excluding hydrogens is 274 g/mol. The van der Waals surface area contributed by atoms with Gasteiger partial charge >= 0.3 is 0 Å². The third kappa shape index (κ3) is 2.38. The fourth-order valence-electron chi connectivity index (χ4n) is 3.42. The molecule has 1 aromatic rings. The number of hydrogen-bond acceptors (Lipinski definition) is 3. The van der Waals surface area contributed by atoms with E-state index in [-0.39, 0.29) is 5.41 Å². The summed E-state index contributed by atoms with van der Waals surface area (Å²) >= 11 is 6.64. The molecular formula is C16H22ClNO2. The Bertz CT molecular complexity index is 484. The lowest BCUT2D eigenvalue weighted by atomic mass is 9.69. The van der Waals surface area contributed by atoms with Crippen LogP contribution in [0.4, 0.5) is 0 Å². The maximum Gasteiger partial charge on any atom is 0.180 e. The van der Waals surface area contributed by atoms with Gasteiger partial charge in [-0.05, 0) is 24.5 Å². The highest BCUT2D eigenvalue weighted by Gasteiger charge is 2.36. The van der Waals surface area contributed by atoms with Crippen molar-refractivity contribution < 1.29 is 9.47 Å². The summed E-state index contributed by atoms with van der Waals surface area (Å²) in [5, 5.41) is 0.705. The third-order valence-electron chi connectivity index (χ3n) is 4.63. The third-order valence-corrected chi connectivity index (χ3v) is 5.00. The number of ether oxygens (including phenoxy) is 2. The van der Waals surface area contributed by atoms with Crippen LogP contribution in [0.15, 0.2) is 12.1 Å². The van der Waals surface area contributed by atoms with Gasteiger partial charge in [0.25, 0.3) is 0 Å². The molecule has 0 saturated heterocycles. The monoisotopic (exact) mass is 295 g/mol. The van der Waals surface area contributed by atoms with E-state index in [9.17, 15) is 0 Å². The number of halogens is 1. The quantitative estimate of drug-likeness (QED) is 0.905. The van der Waals surface area contributed by atoms with Crippen LogP contribution in [0.2, 0.25) is 5.02 Å². The van der Waals surface area contributed by atoms with Gasteiger partial charge in [0.05, 0.1) is 18.2 Å². The van der Waals surface area contributed by atoms with Gasteiger partial charge in [0.15, 0.2) is 11.5 Å². The zero-order valence-electron chi connectivity index (χ0n) is 11.8. The van der Waals surface area contributed by atoms with Gasteiger partial charge in [0, 0.05) is 18.4 Å². The lowest BCUT2D eigenvalue weighted by molar-refractivity contribution is 0.293. The summed E-state index contributed by atoms with van der Waals surface area (Å²) in [5.41, 5.74) is 7.27. The Morgan fingerprint density at radius 2 is 1.80 bits per heavy atom. The van der Waals surface area contributed by atoms with Gasteiger partial charge in [-0.2, -0.15) is 0 Å². The molecule has 1 fully saturated rings. The largest absolute Gasteiger partial charge is 0.490 e. The predicted octanol–water partition coefficient (Wildman–Crippen LogP) is 3.66. The van der Waals surface area contributed by atoms with Gasteiger partial charge in [0.2, 0.25) is 0 Å². The van der Waals surface area contributed by atoms with Gasteiger partial charge in [0.1, 0.15) is 0 Å². The maximum absolute atomic E-state index is 6.64. The molecule has 20 heavy (non-hydrogen) atoms. The van der Waals surface area contributed by atoms with E-state index in [1.54, 1.807) is 0 Å². The van der Waals surface area contributed by atoms with E-state index in [0.717, 1.165) is 30.6 Å². The van der Waals surface area contributed by atoms with Crippen molar-refractivity contribution >= 4 is 11.6 Å². The second kappa shape index (κ2) is 5.82. The Balaban J connectivity index is 2.03. The molecule has 1 aliphatic carbocycles. The van der Waals surface area contributed by atoms with Crippen molar-refractivity contribution in [2.45, 2.75) is 43.9 Å². The molecule has 0 amide bonds. The van der Waals surface area contributed by atoms with E-state index in [1.807, 2.05) is 6.07 Å². The van der Waals surface area contributed by atoms with E-state index >= 15 is 0 Å². The van der Waals surface area contributed by atoms with Gasteiger partial charge in [-0.3, -0.25) is 0 Å². The SMILES string of the molecule is NCC1(c2ccc3c(c2Cl)OCCCO3)CCCCC1. The van der Waals surface area contributed by atoms with Crippen molar-refractivity contribution in [2.24, 2.45) is 5.73 Å². The molecule has 110 valence electrons. The summed E-state index contributed by atoms with van der Waals surface area (Å²) in [7, 11) is 0. The van der Waals surface area contributed by atoms with Crippen molar-refractivity contribution in [3.05, 3.63) is 22.7 Å². The van der Waals surface area contributed by atoms with Crippen LogP contribution in [0.1, 0.15) is 44.1 Å². The average Bonchev–Trinajstić information content (AvgIpc) is 2.74. The zero-order valence-corrected chi connectivity index (χ0v) is 12.5. The highest BCUT2D eigenvalue weighted by atomic mass is 35.5. The molecule has 1 aliphatic heterocycles. The molecule has 1 saturated carbocycles. The summed E-state index contributed by atoms with van der Waals surface area (Å²) in [4.78, 5) is 0. The van der Waals surface area contributed by atoms with Gasteiger partial charge in [-0.1, -0.05) is 36.9 Å². The number of benzene rings is 1. The molecule has 0 spiro atoms. The molecule has 3 rings (SSSR count). The number of rotatable bonds is 2. The van der Waals surface area contributed by atoms with Crippen LogP contribution < -0.4 is 15.2 Å². The van der Waals surface area contributed by atoms with Crippen LogP contribution in [0, 0.1) is 0 Å². The summed E-state index contributed by atoms with van der Waals surface area (Å²) in [6, 6.07) is 4.09. The van der Waals surface area contributed by atoms with Crippen molar-refractivity contribution in [3.63, 3.8) is 0 Å². The number of fused-ring (bicyclic) bond motifs is 1. The normalized spacial score (nSPS) is 21.3. The summed E-state index contributed by atoms with van der Waals surface area (Å²) < 4.78 is 11.5. The zero-order chi connectivity index (χ0) is 14.0.